The summed E-state index contributed by atoms with van der Waals surface area (Å²) in [5.41, 5.74) is 1.53. The minimum Gasteiger partial charge on any atom is -0.435 e. The van der Waals surface area contributed by atoms with E-state index in [-0.39, 0.29) is 5.75 Å². The molecular formula is C16H11BrF2N4OS. The van der Waals surface area contributed by atoms with Crippen molar-refractivity contribution in [3.8, 4) is 17.1 Å². The van der Waals surface area contributed by atoms with E-state index in [2.05, 4.69) is 36.0 Å². The number of alkyl halides is 2. The quantitative estimate of drug-likeness (QED) is 0.470. The summed E-state index contributed by atoms with van der Waals surface area (Å²) in [7, 11) is 0. The Morgan fingerprint density at radius 2 is 2.00 bits per heavy atom. The van der Waals surface area contributed by atoms with Crippen LogP contribution in [0.2, 0.25) is 0 Å². The van der Waals surface area contributed by atoms with Gasteiger partial charge in [0.05, 0.1) is 6.21 Å². The molecule has 25 heavy (non-hydrogen) atoms. The summed E-state index contributed by atoms with van der Waals surface area (Å²) >= 11 is 8.59. The van der Waals surface area contributed by atoms with Gasteiger partial charge in [0, 0.05) is 10.0 Å². The predicted octanol–water partition coefficient (Wildman–Crippen LogP) is 4.85. The first kappa shape index (κ1) is 17.4. The normalized spacial score (nSPS) is 11.4. The molecule has 3 rings (SSSR count). The van der Waals surface area contributed by atoms with Gasteiger partial charge < -0.3 is 4.74 Å². The average molecular weight is 425 g/mol. The molecule has 3 aromatic rings. The Kier molecular flexibility index (Phi) is 5.34. The summed E-state index contributed by atoms with van der Waals surface area (Å²) in [6, 6.07) is 13.7. The molecule has 0 fully saturated rings. The molecular weight excluding hydrogens is 414 g/mol. The molecule has 9 heteroatoms. The maximum Gasteiger partial charge on any atom is 0.387 e. The molecule has 0 bridgehead atoms. The van der Waals surface area contributed by atoms with Crippen LogP contribution in [-0.2, 0) is 0 Å². The Hall–Kier alpha value is -2.39. The first-order valence-corrected chi connectivity index (χ1v) is 8.25. The van der Waals surface area contributed by atoms with Gasteiger partial charge in [0.1, 0.15) is 5.75 Å². The molecule has 1 aromatic heterocycles. The minimum absolute atomic E-state index is 0.0667. The van der Waals surface area contributed by atoms with Crippen molar-refractivity contribution in [2.45, 2.75) is 6.61 Å². The summed E-state index contributed by atoms with van der Waals surface area (Å²) in [6.07, 6.45) is 1.65. The van der Waals surface area contributed by atoms with E-state index in [0.717, 1.165) is 10.0 Å². The molecule has 5 nitrogen and oxygen atoms in total. The second-order valence-electron chi connectivity index (χ2n) is 4.87. The van der Waals surface area contributed by atoms with E-state index in [1.165, 1.54) is 16.8 Å². The average Bonchev–Trinajstić information content (AvgIpc) is 2.94. The van der Waals surface area contributed by atoms with Gasteiger partial charge >= 0.3 is 6.61 Å². The summed E-state index contributed by atoms with van der Waals surface area (Å²) in [5, 5.41) is 11.2. The number of benzene rings is 2. The summed E-state index contributed by atoms with van der Waals surface area (Å²) in [5.74, 6) is 0.525. The largest absolute Gasteiger partial charge is 0.435 e. The number of nitrogens with one attached hydrogen (secondary N) is 1. The maximum atomic E-state index is 12.2. The molecule has 0 radical (unpaired) electrons. The van der Waals surface area contributed by atoms with Crippen LogP contribution in [0.1, 0.15) is 5.56 Å². The van der Waals surface area contributed by atoms with E-state index >= 15 is 0 Å². The second kappa shape index (κ2) is 7.66. The molecule has 0 atom stereocenters. The van der Waals surface area contributed by atoms with Crippen LogP contribution in [-0.4, -0.2) is 27.7 Å². The highest BCUT2D eigenvalue weighted by molar-refractivity contribution is 9.10. The van der Waals surface area contributed by atoms with Crippen molar-refractivity contribution in [1.29, 1.82) is 0 Å². The van der Waals surface area contributed by atoms with Crippen LogP contribution in [0.25, 0.3) is 11.4 Å². The first-order valence-electron chi connectivity index (χ1n) is 7.05. The molecule has 1 N–H and O–H groups in total. The fourth-order valence-electron chi connectivity index (χ4n) is 2.08. The lowest BCUT2D eigenvalue weighted by Crippen LogP contribution is -2.01. The number of aromatic nitrogens is 3. The fourth-order valence-corrected chi connectivity index (χ4v) is 2.68. The van der Waals surface area contributed by atoms with E-state index in [4.69, 9.17) is 12.2 Å². The molecule has 0 saturated carbocycles. The van der Waals surface area contributed by atoms with Crippen LogP contribution < -0.4 is 4.74 Å². The second-order valence-corrected chi connectivity index (χ2v) is 6.17. The first-order chi connectivity index (χ1) is 12.0. The van der Waals surface area contributed by atoms with Crippen LogP contribution in [0.5, 0.6) is 5.75 Å². The zero-order chi connectivity index (χ0) is 17.8. The Morgan fingerprint density at radius 1 is 1.24 bits per heavy atom. The third-order valence-corrected chi connectivity index (χ3v) is 3.92. The Morgan fingerprint density at radius 3 is 2.68 bits per heavy atom. The van der Waals surface area contributed by atoms with Crippen LogP contribution >= 0.6 is 28.1 Å². The molecule has 0 aliphatic rings. The summed E-state index contributed by atoms with van der Waals surface area (Å²) in [4.78, 5) is 0. The van der Waals surface area contributed by atoms with Gasteiger partial charge in [0.2, 0.25) is 4.77 Å². The third-order valence-electron chi connectivity index (χ3n) is 3.16. The third kappa shape index (κ3) is 4.37. The van der Waals surface area contributed by atoms with E-state index in [1.54, 1.807) is 18.3 Å². The number of halogens is 3. The van der Waals surface area contributed by atoms with Gasteiger partial charge in [-0.05, 0) is 54.2 Å². The van der Waals surface area contributed by atoms with E-state index < -0.39 is 6.61 Å². The molecule has 0 unspecified atom stereocenters. The molecule has 2 aromatic carbocycles. The highest BCUT2D eigenvalue weighted by Crippen LogP contribution is 2.22. The summed E-state index contributed by atoms with van der Waals surface area (Å²) in [6.45, 7) is -2.87. The van der Waals surface area contributed by atoms with Gasteiger partial charge in [0.25, 0.3) is 0 Å². The highest BCUT2D eigenvalue weighted by Gasteiger charge is 2.09. The van der Waals surface area contributed by atoms with Crippen molar-refractivity contribution in [3.05, 3.63) is 63.3 Å². The number of aromatic amines is 1. The molecule has 0 saturated heterocycles. The van der Waals surface area contributed by atoms with Crippen molar-refractivity contribution in [3.63, 3.8) is 0 Å². The number of nitrogens with zero attached hydrogens (tertiary/aromatic N) is 3. The molecule has 0 spiro atoms. The topological polar surface area (TPSA) is 55.2 Å². The van der Waals surface area contributed by atoms with Crippen LogP contribution in [0.15, 0.2) is 58.1 Å². The van der Waals surface area contributed by atoms with Crippen LogP contribution in [0.4, 0.5) is 8.78 Å². The molecule has 0 amide bonds. The van der Waals surface area contributed by atoms with Crippen molar-refractivity contribution >= 4 is 34.4 Å². The molecule has 128 valence electrons. The Labute approximate surface area is 155 Å². The van der Waals surface area contributed by atoms with E-state index in [1.807, 2.05) is 24.3 Å². The van der Waals surface area contributed by atoms with Gasteiger partial charge in [0.15, 0.2) is 5.82 Å². The standard InChI is InChI=1S/C16H11BrF2N4OS/c17-12-3-1-2-10(8-12)9-20-23-14(21-22-16(23)25)11-4-6-13(7-5-11)24-15(18)19/h1-9,15H,(H,22,25). The molecule has 0 aliphatic carbocycles. The molecule has 0 aliphatic heterocycles. The lowest BCUT2D eigenvalue weighted by molar-refractivity contribution is -0.0498. The lowest BCUT2D eigenvalue weighted by Gasteiger charge is -2.05. The van der Waals surface area contributed by atoms with Gasteiger partial charge in [-0.3, -0.25) is 0 Å². The minimum atomic E-state index is -2.87. The van der Waals surface area contributed by atoms with E-state index in [0.29, 0.717) is 16.2 Å². The number of rotatable bonds is 5. The number of ether oxygens (including phenoxy) is 1. The smallest absolute Gasteiger partial charge is 0.387 e. The Balaban J connectivity index is 1.90. The monoisotopic (exact) mass is 424 g/mol. The number of H-pyrrole nitrogens is 1. The number of hydrogen-bond donors (Lipinski definition) is 1. The van der Waals surface area contributed by atoms with Crippen molar-refractivity contribution in [2.24, 2.45) is 5.10 Å². The van der Waals surface area contributed by atoms with Crippen molar-refractivity contribution < 1.29 is 13.5 Å². The van der Waals surface area contributed by atoms with Crippen molar-refractivity contribution in [2.75, 3.05) is 0 Å². The van der Waals surface area contributed by atoms with Crippen LogP contribution in [0.3, 0.4) is 0 Å². The number of hydrogen-bond acceptors (Lipinski definition) is 4. The summed E-state index contributed by atoms with van der Waals surface area (Å²) < 4.78 is 31.5. The van der Waals surface area contributed by atoms with Gasteiger partial charge in [-0.1, -0.05) is 28.1 Å². The van der Waals surface area contributed by atoms with Crippen LogP contribution in [0, 0.1) is 4.77 Å². The zero-order valence-electron chi connectivity index (χ0n) is 12.6. The van der Waals surface area contributed by atoms with Gasteiger partial charge in [-0.2, -0.15) is 23.7 Å². The SMILES string of the molecule is FC(F)Oc1ccc(-c2n[nH]c(=S)n2N=Cc2cccc(Br)c2)cc1. The zero-order valence-corrected chi connectivity index (χ0v) is 15.0. The maximum absolute atomic E-state index is 12.2. The lowest BCUT2D eigenvalue weighted by atomic mass is 10.2. The highest BCUT2D eigenvalue weighted by atomic mass is 79.9. The van der Waals surface area contributed by atoms with Gasteiger partial charge in [-0.15, -0.1) is 0 Å². The fraction of sp³-hybridized carbons (Fsp3) is 0.0625. The van der Waals surface area contributed by atoms with Gasteiger partial charge in [-0.25, -0.2) is 5.10 Å². The Bertz CT molecular complexity index is 953. The molecule has 1 heterocycles. The van der Waals surface area contributed by atoms with E-state index in [9.17, 15) is 8.78 Å². The van der Waals surface area contributed by atoms with Crippen molar-refractivity contribution in [1.82, 2.24) is 14.9 Å². The predicted molar refractivity (Wildman–Crippen MR) is 96.6 cm³/mol.